The Labute approximate surface area is 133 Å². The quantitative estimate of drug-likeness (QED) is 0.542. The van der Waals surface area contributed by atoms with Gasteiger partial charge in [-0.25, -0.2) is 4.79 Å². The molecular formula is C17H28N2O3. The molecule has 0 aliphatic rings. The number of hydrogen-bond acceptors (Lipinski definition) is 5. The maximum Gasteiger partial charge on any atom is 0.338 e. The van der Waals surface area contributed by atoms with E-state index in [1.807, 2.05) is 6.92 Å². The average molecular weight is 308 g/mol. The van der Waals surface area contributed by atoms with Crippen LogP contribution in [0.25, 0.3) is 0 Å². The van der Waals surface area contributed by atoms with Crippen LogP contribution in [0.1, 0.15) is 55.6 Å². The molecule has 0 aliphatic heterocycles. The molecule has 1 rings (SSSR count). The number of benzene rings is 1. The second-order valence-electron chi connectivity index (χ2n) is 5.31. The molecular weight excluding hydrogens is 280 g/mol. The Morgan fingerprint density at radius 3 is 2.59 bits per heavy atom. The molecule has 1 atom stereocenters. The highest BCUT2D eigenvalue weighted by atomic mass is 16.5. The van der Waals surface area contributed by atoms with Gasteiger partial charge in [0.2, 0.25) is 0 Å². The Bertz CT molecular complexity index is 473. The lowest BCUT2D eigenvalue weighted by molar-refractivity contribution is 0.0459. The van der Waals surface area contributed by atoms with E-state index in [-0.39, 0.29) is 0 Å². The van der Waals surface area contributed by atoms with Gasteiger partial charge >= 0.3 is 5.97 Å². The summed E-state index contributed by atoms with van der Waals surface area (Å²) in [4.78, 5) is 14.4. The number of aliphatic hydroxyl groups is 1. The summed E-state index contributed by atoms with van der Waals surface area (Å²) in [6, 6.07) is 4.94. The van der Waals surface area contributed by atoms with E-state index >= 15 is 0 Å². The van der Waals surface area contributed by atoms with Crippen molar-refractivity contribution in [3.63, 3.8) is 0 Å². The first-order chi connectivity index (χ1) is 10.5. The molecule has 22 heavy (non-hydrogen) atoms. The van der Waals surface area contributed by atoms with E-state index in [0.29, 0.717) is 36.4 Å². The standard InChI is InChI=1S/C17H28N2O3/c1-4-7-16(20)15-12-13(18)8-9-14(15)17(21)22-11-10-19(5-2)6-3/h8-9,12,16,20H,4-7,10-11,18H2,1-3H3. The monoisotopic (exact) mass is 308 g/mol. The topological polar surface area (TPSA) is 75.8 Å². The Hall–Kier alpha value is -1.59. The van der Waals surface area contributed by atoms with Gasteiger partial charge in [-0.1, -0.05) is 27.2 Å². The minimum absolute atomic E-state index is 0.341. The molecule has 0 spiro atoms. The summed E-state index contributed by atoms with van der Waals surface area (Å²) in [7, 11) is 0. The minimum atomic E-state index is -0.696. The van der Waals surface area contributed by atoms with Crippen LogP contribution in [0.4, 0.5) is 5.69 Å². The van der Waals surface area contributed by atoms with Crippen LogP contribution in [-0.2, 0) is 4.74 Å². The number of hydrogen-bond donors (Lipinski definition) is 2. The van der Waals surface area contributed by atoms with Crippen LogP contribution in [0.5, 0.6) is 0 Å². The smallest absolute Gasteiger partial charge is 0.338 e. The molecule has 3 N–H and O–H groups in total. The second kappa shape index (κ2) is 9.43. The molecule has 0 saturated heterocycles. The molecule has 5 nitrogen and oxygen atoms in total. The number of aliphatic hydroxyl groups excluding tert-OH is 1. The second-order valence-corrected chi connectivity index (χ2v) is 5.31. The highest BCUT2D eigenvalue weighted by Gasteiger charge is 2.18. The van der Waals surface area contributed by atoms with Gasteiger partial charge < -0.3 is 20.5 Å². The lowest BCUT2D eigenvalue weighted by Gasteiger charge is -2.18. The Kier molecular flexibility index (Phi) is 7.91. The maximum atomic E-state index is 12.3. The van der Waals surface area contributed by atoms with Crippen molar-refractivity contribution in [2.24, 2.45) is 0 Å². The van der Waals surface area contributed by atoms with Gasteiger partial charge in [-0.3, -0.25) is 0 Å². The zero-order valence-electron chi connectivity index (χ0n) is 13.8. The maximum absolute atomic E-state index is 12.3. The fourth-order valence-corrected chi connectivity index (χ4v) is 2.36. The number of nitrogen functional groups attached to an aromatic ring is 1. The molecule has 5 heteroatoms. The SMILES string of the molecule is CCCC(O)c1cc(N)ccc1C(=O)OCCN(CC)CC. The third kappa shape index (κ3) is 5.31. The minimum Gasteiger partial charge on any atom is -0.461 e. The van der Waals surface area contributed by atoms with E-state index in [0.717, 1.165) is 19.5 Å². The van der Waals surface area contributed by atoms with E-state index in [1.165, 1.54) is 0 Å². The number of rotatable bonds is 9. The first-order valence-electron chi connectivity index (χ1n) is 8.00. The summed E-state index contributed by atoms with van der Waals surface area (Å²) in [5.74, 6) is -0.405. The van der Waals surface area contributed by atoms with Crippen LogP contribution in [0, 0.1) is 0 Å². The van der Waals surface area contributed by atoms with Crippen molar-refractivity contribution < 1.29 is 14.6 Å². The molecule has 0 fully saturated rings. The van der Waals surface area contributed by atoms with Gasteiger partial charge in [-0.2, -0.15) is 0 Å². The number of nitrogens with zero attached hydrogens (tertiary/aromatic N) is 1. The number of ether oxygens (including phenoxy) is 1. The third-order valence-corrected chi connectivity index (χ3v) is 3.75. The highest BCUT2D eigenvalue weighted by molar-refractivity contribution is 5.91. The van der Waals surface area contributed by atoms with Crippen molar-refractivity contribution in [3.8, 4) is 0 Å². The summed E-state index contributed by atoms with van der Waals surface area (Å²) in [5.41, 5.74) is 7.25. The zero-order valence-corrected chi connectivity index (χ0v) is 13.8. The summed E-state index contributed by atoms with van der Waals surface area (Å²) < 4.78 is 5.34. The molecule has 0 saturated carbocycles. The molecule has 124 valence electrons. The molecule has 0 aromatic heterocycles. The van der Waals surface area contributed by atoms with Crippen LogP contribution in [-0.4, -0.2) is 42.2 Å². The number of esters is 1. The van der Waals surface area contributed by atoms with Crippen molar-refractivity contribution in [2.45, 2.75) is 39.7 Å². The van der Waals surface area contributed by atoms with E-state index in [4.69, 9.17) is 10.5 Å². The van der Waals surface area contributed by atoms with Crippen molar-refractivity contribution in [2.75, 3.05) is 32.0 Å². The number of anilines is 1. The first kappa shape index (κ1) is 18.5. The predicted molar refractivity (Wildman–Crippen MR) is 88.8 cm³/mol. The Morgan fingerprint density at radius 1 is 1.32 bits per heavy atom. The van der Waals surface area contributed by atoms with E-state index < -0.39 is 12.1 Å². The van der Waals surface area contributed by atoms with Gasteiger partial charge in [0, 0.05) is 12.2 Å². The fraction of sp³-hybridized carbons (Fsp3) is 0.588. The van der Waals surface area contributed by atoms with E-state index in [2.05, 4.69) is 18.7 Å². The predicted octanol–water partition coefficient (Wildman–Crippen LogP) is 2.60. The number of likely N-dealkylation sites (N-methyl/N-ethyl adjacent to an activating group) is 1. The van der Waals surface area contributed by atoms with Crippen LogP contribution in [0.15, 0.2) is 18.2 Å². The summed E-state index contributed by atoms with van der Waals surface area (Å²) in [6.07, 6.45) is 0.717. The highest BCUT2D eigenvalue weighted by Crippen LogP contribution is 2.25. The van der Waals surface area contributed by atoms with Crippen LogP contribution < -0.4 is 5.73 Å². The lowest BCUT2D eigenvalue weighted by Crippen LogP contribution is -2.28. The number of carbonyl (C=O) groups excluding carboxylic acids is 1. The summed E-state index contributed by atoms with van der Waals surface area (Å²) >= 11 is 0. The molecule has 1 aromatic rings. The molecule has 0 amide bonds. The van der Waals surface area contributed by atoms with E-state index in [9.17, 15) is 9.90 Å². The van der Waals surface area contributed by atoms with Crippen LogP contribution >= 0.6 is 0 Å². The van der Waals surface area contributed by atoms with Crippen LogP contribution in [0.3, 0.4) is 0 Å². The largest absolute Gasteiger partial charge is 0.461 e. The molecule has 1 aromatic carbocycles. The van der Waals surface area contributed by atoms with Gasteiger partial charge in [-0.15, -0.1) is 0 Å². The van der Waals surface area contributed by atoms with Gasteiger partial charge in [0.25, 0.3) is 0 Å². The van der Waals surface area contributed by atoms with Crippen molar-refractivity contribution in [3.05, 3.63) is 29.3 Å². The lowest BCUT2D eigenvalue weighted by atomic mass is 9.98. The van der Waals surface area contributed by atoms with Gasteiger partial charge in [0.1, 0.15) is 6.61 Å². The number of carbonyl (C=O) groups is 1. The Balaban J connectivity index is 2.76. The van der Waals surface area contributed by atoms with Crippen molar-refractivity contribution in [1.29, 1.82) is 0 Å². The molecule has 0 aliphatic carbocycles. The van der Waals surface area contributed by atoms with Crippen LogP contribution in [0.2, 0.25) is 0 Å². The molecule has 0 radical (unpaired) electrons. The third-order valence-electron chi connectivity index (χ3n) is 3.75. The summed E-state index contributed by atoms with van der Waals surface area (Å²) in [6.45, 7) is 9.04. The van der Waals surface area contributed by atoms with Gasteiger partial charge in [0.05, 0.1) is 11.7 Å². The average Bonchev–Trinajstić information content (AvgIpc) is 2.51. The van der Waals surface area contributed by atoms with Crippen molar-refractivity contribution in [1.82, 2.24) is 4.90 Å². The van der Waals surface area contributed by atoms with Gasteiger partial charge in [0.15, 0.2) is 0 Å². The van der Waals surface area contributed by atoms with Gasteiger partial charge in [-0.05, 0) is 43.3 Å². The molecule has 1 unspecified atom stereocenters. The summed E-state index contributed by atoms with van der Waals surface area (Å²) in [5, 5.41) is 10.2. The number of nitrogens with two attached hydrogens (primary N) is 1. The Morgan fingerprint density at radius 2 is 2.00 bits per heavy atom. The normalized spacial score (nSPS) is 12.4. The first-order valence-corrected chi connectivity index (χ1v) is 8.00. The van der Waals surface area contributed by atoms with E-state index in [1.54, 1.807) is 18.2 Å². The zero-order chi connectivity index (χ0) is 16.5. The molecule has 0 heterocycles. The fourth-order valence-electron chi connectivity index (χ4n) is 2.36. The molecule has 0 bridgehead atoms. The van der Waals surface area contributed by atoms with Crippen molar-refractivity contribution >= 4 is 11.7 Å².